The fraction of sp³-hybridized carbons (Fsp3) is 0.353. The number of carbonyl (C=O) groups is 1. The van der Waals surface area contributed by atoms with Crippen LogP contribution in [0.5, 0.6) is 0 Å². The minimum absolute atomic E-state index is 0.0959. The summed E-state index contributed by atoms with van der Waals surface area (Å²) in [6, 6.07) is 5.40. The lowest BCUT2D eigenvalue weighted by atomic mass is 10.3. The molecule has 0 unspecified atom stereocenters. The van der Waals surface area contributed by atoms with Crippen molar-refractivity contribution >= 4 is 28.5 Å². The molecule has 1 saturated heterocycles. The second kappa shape index (κ2) is 6.12. The van der Waals surface area contributed by atoms with Crippen molar-refractivity contribution in [2.24, 2.45) is 7.05 Å². The molecule has 3 aromatic rings. The summed E-state index contributed by atoms with van der Waals surface area (Å²) in [5.41, 5.74) is 3.27. The van der Waals surface area contributed by atoms with Crippen molar-refractivity contribution in [3.63, 3.8) is 0 Å². The van der Waals surface area contributed by atoms with Crippen molar-refractivity contribution in [1.29, 1.82) is 0 Å². The van der Waals surface area contributed by atoms with Crippen LogP contribution in [0.2, 0.25) is 0 Å². The number of aromatic nitrogens is 3. The van der Waals surface area contributed by atoms with Crippen LogP contribution in [0.25, 0.3) is 11.1 Å². The van der Waals surface area contributed by atoms with Crippen molar-refractivity contribution in [1.82, 2.24) is 19.7 Å². The van der Waals surface area contributed by atoms with Gasteiger partial charge in [0.25, 0.3) is 0 Å². The van der Waals surface area contributed by atoms with E-state index in [9.17, 15) is 4.79 Å². The Morgan fingerprint density at radius 3 is 2.76 bits per heavy atom. The molecule has 0 radical (unpaired) electrons. The molecule has 1 aliphatic heterocycles. The molecule has 0 atom stereocenters. The fourth-order valence-electron chi connectivity index (χ4n) is 3.06. The van der Waals surface area contributed by atoms with Crippen LogP contribution in [0.15, 0.2) is 35.0 Å². The number of piperazine rings is 1. The van der Waals surface area contributed by atoms with Gasteiger partial charge in [0, 0.05) is 58.1 Å². The van der Waals surface area contributed by atoms with E-state index in [1.54, 1.807) is 17.7 Å². The van der Waals surface area contributed by atoms with Gasteiger partial charge in [-0.1, -0.05) is 0 Å². The van der Waals surface area contributed by atoms with E-state index < -0.39 is 0 Å². The van der Waals surface area contributed by atoms with E-state index in [0.717, 1.165) is 24.3 Å². The zero-order chi connectivity index (χ0) is 17.4. The number of urea groups is 1. The van der Waals surface area contributed by atoms with Gasteiger partial charge in [0.2, 0.25) is 0 Å². The number of carbonyl (C=O) groups excluding carboxylic acids is 1. The fourth-order valence-corrected chi connectivity index (χ4v) is 3.06. The molecule has 0 spiro atoms. The predicted octanol–water partition coefficient (Wildman–Crippen LogP) is 2.22. The molecule has 0 bridgehead atoms. The van der Waals surface area contributed by atoms with Crippen molar-refractivity contribution < 1.29 is 9.21 Å². The Labute approximate surface area is 145 Å². The van der Waals surface area contributed by atoms with Gasteiger partial charge in [-0.05, 0) is 12.1 Å². The topological polar surface area (TPSA) is 79.4 Å². The lowest BCUT2D eigenvalue weighted by molar-refractivity contribution is 0.208. The molecule has 1 N–H and O–H groups in total. The molecular weight excluding hydrogens is 320 g/mol. The minimum Gasteiger partial charge on any atom is -0.441 e. The first-order chi connectivity index (χ1) is 12.1. The van der Waals surface area contributed by atoms with Gasteiger partial charge in [-0.25, -0.2) is 9.78 Å². The Morgan fingerprint density at radius 1 is 1.24 bits per heavy atom. The normalized spacial score (nSPS) is 15.0. The van der Waals surface area contributed by atoms with Gasteiger partial charge in [0.1, 0.15) is 5.52 Å². The maximum Gasteiger partial charge on any atom is 0.321 e. The minimum atomic E-state index is -0.0959. The van der Waals surface area contributed by atoms with E-state index >= 15 is 0 Å². The lowest BCUT2D eigenvalue weighted by Gasteiger charge is -2.35. The Morgan fingerprint density at radius 2 is 2.04 bits per heavy atom. The first kappa shape index (κ1) is 15.5. The maximum absolute atomic E-state index is 12.5. The van der Waals surface area contributed by atoms with Crippen molar-refractivity contribution in [3.05, 3.63) is 36.5 Å². The molecule has 1 aromatic carbocycles. The van der Waals surface area contributed by atoms with Crippen LogP contribution in [-0.2, 0) is 7.05 Å². The smallest absolute Gasteiger partial charge is 0.321 e. The molecule has 3 heterocycles. The highest BCUT2D eigenvalue weighted by Gasteiger charge is 2.22. The van der Waals surface area contributed by atoms with Crippen molar-refractivity contribution in [3.8, 4) is 0 Å². The van der Waals surface area contributed by atoms with Gasteiger partial charge < -0.3 is 19.5 Å². The number of benzene rings is 1. The molecule has 2 aromatic heterocycles. The summed E-state index contributed by atoms with van der Waals surface area (Å²) >= 11 is 0. The molecule has 130 valence electrons. The number of nitrogens with zero attached hydrogens (tertiary/aromatic N) is 5. The summed E-state index contributed by atoms with van der Waals surface area (Å²) in [6.07, 6.45) is 3.84. The number of hydrogen-bond acceptors (Lipinski definition) is 5. The molecule has 4 rings (SSSR count). The van der Waals surface area contributed by atoms with Gasteiger partial charge in [0.05, 0.1) is 11.9 Å². The zero-order valence-electron chi connectivity index (χ0n) is 14.3. The SMILES string of the molecule is Cc1nc2ccc(NC(=O)N3CCN(c4cnn(C)c4)CC3)cc2o1. The second-order valence-electron chi connectivity index (χ2n) is 6.19. The third kappa shape index (κ3) is 3.15. The number of aryl methyl sites for hydroxylation is 2. The third-order valence-electron chi connectivity index (χ3n) is 4.37. The third-order valence-corrected chi connectivity index (χ3v) is 4.37. The van der Waals surface area contributed by atoms with Crippen LogP contribution in [0.1, 0.15) is 5.89 Å². The predicted molar refractivity (Wildman–Crippen MR) is 94.8 cm³/mol. The van der Waals surface area contributed by atoms with Crippen LogP contribution in [-0.4, -0.2) is 51.9 Å². The highest BCUT2D eigenvalue weighted by molar-refractivity contribution is 5.91. The number of amides is 2. The summed E-state index contributed by atoms with van der Waals surface area (Å²) in [5.74, 6) is 0.616. The van der Waals surface area contributed by atoms with Gasteiger partial charge in [-0.3, -0.25) is 4.68 Å². The lowest BCUT2D eigenvalue weighted by Crippen LogP contribution is -2.50. The van der Waals surface area contributed by atoms with Crippen LogP contribution in [0, 0.1) is 6.92 Å². The van der Waals surface area contributed by atoms with Gasteiger partial charge in [-0.2, -0.15) is 5.10 Å². The Hall–Kier alpha value is -3.03. The molecule has 1 aliphatic rings. The molecular formula is C17H20N6O2. The number of nitrogens with one attached hydrogen (secondary N) is 1. The van der Waals surface area contributed by atoms with Gasteiger partial charge in [-0.15, -0.1) is 0 Å². The number of rotatable bonds is 2. The van der Waals surface area contributed by atoms with Gasteiger partial charge in [0.15, 0.2) is 11.5 Å². The largest absolute Gasteiger partial charge is 0.441 e. The van der Waals surface area contributed by atoms with Crippen LogP contribution in [0.3, 0.4) is 0 Å². The Kier molecular flexibility index (Phi) is 3.79. The molecule has 0 saturated carbocycles. The molecule has 0 aliphatic carbocycles. The summed E-state index contributed by atoms with van der Waals surface area (Å²) in [4.78, 5) is 20.8. The number of fused-ring (bicyclic) bond motifs is 1. The number of anilines is 2. The van der Waals surface area contributed by atoms with Crippen LogP contribution in [0.4, 0.5) is 16.2 Å². The quantitative estimate of drug-likeness (QED) is 0.774. The van der Waals surface area contributed by atoms with Crippen LogP contribution >= 0.6 is 0 Å². The van der Waals surface area contributed by atoms with E-state index in [0.29, 0.717) is 30.3 Å². The highest BCUT2D eigenvalue weighted by atomic mass is 16.3. The number of hydrogen-bond donors (Lipinski definition) is 1. The summed E-state index contributed by atoms with van der Waals surface area (Å²) in [7, 11) is 1.90. The highest BCUT2D eigenvalue weighted by Crippen LogP contribution is 2.21. The molecule has 8 nitrogen and oxygen atoms in total. The Balaban J connectivity index is 1.38. The maximum atomic E-state index is 12.5. The molecule has 2 amide bonds. The monoisotopic (exact) mass is 340 g/mol. The van der Waals surface area contributed by atoms with E-state index in [2.05, 4.69) is 20.3 Å². The van der Waals surface area contributed by atoms with E-state index in [1.807, 2.05) is 36.5 Å². The van der Waals surface area contributed by atoms with Crippen molar-refractivity contribution in [2.75, 3.05) is 36.4 Å². The molecule has 25 heavy (non-hydrogen) atoms. The van der Waals surface area contributed by atoms with E-state index in [1.165, 1.54) is 0 Å². The van der Waals surface area contributed by atoms with Gasteiger partial charge >= 0.3 is 6.03 Å². The standard InChI is InChI=1S/C17H20N6O2/c1-12-19-15-4-3-13(9-16(15)25-12)20-17(24)23-7-5-22(6-8-23)14-10-18-21(2)11-14/h3-4,9-11H,5-8H2,1-2H3,(H,20,24). The Bertz CT molecular complexity index is 907. The van der Waals surface area contributed by atoms with Crippen molar-refractivity contribution in [2.45, 2.75) is 6.92 Å². The van der Waals surface area contributed by atoms with E-state index in [4.69, 9.17) is 4.42 Å². The summed E-state index contributed by atoms with van der Waals surface area (Å²) in [5, 5.41) is 7.13. The van der Waals surface area contributed by atoms with Crippen LogP contribution < -0.4 is 10.2 Å². The zero-order valence-corrected chi connectivity index (χ0v) is 14.3. The first-order valence-electron chi connectivity index (χ1n) is 8.25. The first-order valence-corrected chi connectivity index (χ1v) is 8.25. The number of oxazole rings is 1. The second-order valence-corrected chi connectivity index (χ2v) is 6.19. The summed E-state index contributed by atoms with van der Waals surface area (Å²) < 4.78 is 7.30. The summed E-state index contributed by atoms with van der Waals surface area (Å²) in [6.45, 7) is 4.73. The molecule has 8 heteroatoms. The average molecular weight is 340 g/mol. The van der Waals surface area contributed by atoms with E-state index in [-0.39, 0.29) is 6.03 Å². The average Bonchev–Trinajstić information content (AvgIpc) is 3.19. The molecule has 1 fully saturated rings.